The Balaban J connectivity index is 1.84. The van der Waals surface area contributed by atoms with Crippen molar-refractivity contribution in [2.75, 3.05) is 11.9 Å². The molecule has 132 valence electrons. The van der Waals surface area contributed by atoms with E-state index in [1.165, 1.54) is 0 Å². The van der Waals surface area contributed by atoms with Crippen LogP contribution < -0.4 is 10.6 Å². The van der Waals surface area contributed by atoms with Crippen molar-refractivity contribution >= 4 is 17.5 Å². The molecule has 1 heterocycles. The summed E-state index contributed by atoms with van der Waals surface area (Å²) in [6, 6.07) is 7.52. The highest BCUT2D eigenvalue weighted by Crippen LogP contribution is 2.27. The van der Waals surface area contributed by atoms with Crippen molar-refractivity contribution in [1.29, 1.82) is 0 Å². The van der Waals surface area contributed by atoms with Gasteiger partial charge in [0.15, 0.2) is 0 Å². The lowest BCUT2D eigenvalue weighted by molar-refractivity contribution is -0.123. The zero-order valence-electron chi connectivity index (χ0n) is 14.8. The number of rotatable bonds is 6. The molecular formula is C19H28N2O3. The Morgan fingerprint density at radius 2 is 2.08 bits per heavy atom. The lowest BCUT2D eigenvalue weighted by Gasteiger charge is -2.26. The average molecular weight is 332 g/mol. The van der Waals surface area contributed by atoms with Crippen molar-refractivity contribution in [3.8, 4) is 0 Å². The molecule has 0 radical (unpaired) electrons. The van der Waals surface area contributed by atoms with E-state index in [4.69, 9.17) is 0 Å². The summed E-state index contributed by atoms with van der Waals surface area (Å²) >= 11 is 0. The number of hydrogen-bond donors (Lipinski definition) is 3. The van der Waals surface area contributed by atoms with E-state index in [1.54, 1.807) is 0 Å². The quantitative estimate of drug-likeness (QED) is 0.749. The second-order valence-electron chi connectivity index (χ2n) is 7.80. The predicted molar refractivity (Wildman–Crippen MR) is 94.6 cm³/mol. The molecule has 2 amide bonds. The van der Waals surface area contributed by atoms with Crippen molar-refractivity contribution in [3.05, 3.63) is 29.8 Å². The maximum atomic E-state index is 12.2. The molecule has 2 unspecified atom stereocenters. The molecule has 2 rings (SSSR count). The molecule has 0 spiro atoms. The molecule has 0 saturated heterocycles. The van der Waals surface area contributed by atoms with Gasteiger partial charge in [0, 0.05) is 18.0 Å². The maximum Gasteiger partial charge on any atom is 0.227 e. The Kier molecular flexibility index (Phi) is 5.99. The van der Waals surface area contributed by atoms with E-state index in [1.807, 2.05) is 24.3 Å². The molecule has 1 aromatic rings. The minimum Gasteiger partial charge on any atom is -0.394 e. The first-order chi connectivity index (χ1) is 11.3. The van der Waals surface area contributed by atoms with Gasteiger partial charge in [-0.25, -0.2) is 0 Å². The van der Waals surface area contributed by atoms with Crippen LogP contribution in [0.15, 0.2) is 24.3 Å². The molecule has 0 aliphatic carbocycles. The van der Waals surface area contributed by atoms with Crippen LogP contribution in [0, 0.1) is 11.3 Å². The highest BCUT2D eigenvalue weighted by Gasteiger charge is 2.27. The second-order valence-corrected chi connectivity index (χ2v) is 7.80. The highest BCUT2D eigenvalue weighted by atomic mass is 16.3. The molecule has 1 aliphatic rings. The summed E-state index contributed by atoms with van der Waals surface area (Å²) in [4.78, 5) is 24.3. The van der Waals surface area contributed by atoms with Crippen LogP contribution in [0.2, 0.25) is 0 Å². The molecular weight excluding hydrogens is 304 g/mol. The van der Waals surface area contributed by atoms with Gasteiger partial charge >= 0.3 is 0 Å². The first-order valence-electron chi connectivity index (χ1n) is 8.57. The van der Waals surface area contributed by atoms with Crippen LogP contribution in [0.3, 0.4) is 0 Å². The molecule has 0 bridgehead atoms. The number of aliphatic hydroxyl groups excluding tert-OH is 1. The number of para-hydroxylation sites is 1. The summed E-state index contributed by atoms with van der Waals surface area (Å²) in [7, 11) is 0. The molecule has 3 N–H and O–H groups in total. The standard InChI is InChI=1S/C19H28N2O3/c1-19(2,3)11-15(12-22)20-17(23)9-8-14-10-13-6-4-5-7-16(13)21-18(14)24/h4-7,14-15,22H,8-12H2,1-3H3,(H,20,23)(H,21,24). The third kappa shape index (κ3) is 5.34. The fourth-order valence-electron chi connectivity index (χ4n) is 3.15. The van der Waals surface area contributed by atoms with E-state index in [-0.39, 0.29) is 35.8 Å². The van der Waals surface area contributed by atoms with Gasteiger partial charge in [-0.2, -0.15) is 0 Å². The normalized spacial score (nSPS) is 18.5. The minimum absolute atomic E-state index is 0.0186. The third-order valence-corrected chi connectivity index (χ3v) is 4.28. The van der Waals surface area contributed by atoms with Crippen LogP contribution in [-0.2, 0) is 16.0 Å². The van der Waals surface area contributed by atoms with Gasteiger partial charge in [-0.1, -0.05) is 39.0 Å². The molecule has 1 aliphatic heterocycles. The number of fused-ring (bicyclic) bond motifs is 1. The maximum absolute atomic E-state index is 12.2. The number of aliphatic hydroxyl groups is 1. The Morgan fingerprint density at radius 3 is 2.75 bits per heavy atom. The molecule has 1 aromatic carbocycles. The molecule has 5 heteroatoms. The number of carbonyl (C=O) groups excluding carboxylic acids is 2. The minimum atomic E-state index is -0.238. The Bertz CT molecular complexity index is 593. The molecule has 0 fully saturated rings. The smallest absolute Gasteiger partial charge is 0.227 e. The zero-order chi connectivity index (χ0) is 17.7. The molecule has 5 nitrogen and oxygen atoms in total. The van der Waals surface area contributed by atoms with Crippen LogP contribution in [0.25, 0.3) is 0 Å². The summed E-state index contributed by atoms with van der Waals surface area (Å²) in [6.45, 7) is 6.16. The van der Waals surface area contributed by atoms with E-state index in [0.717, 1.165) is 11.3 Å². The van der Waals surface area contributed by atoms with Crippen molar-refractivity contribution in [2.24, 2.45) is 11.3 Å². The second kappa shape index (κ2) is 7.79. The first-order valence-corrected chi connectivity index (χ1v) is 8.57. The van der Waals surface area contributed by atoms with E-state index in [0.29, 0.717) is 25.7 Å². The van der Waals surface area contributed by atoms with Gasteiger partial charge < -0.3 is 15.7 Å². The number of amides is 2. The molecule has 2 atom stereocenters. The van der Waals surface area contributed by atoms with Gasteiger partial charge in [0.25, 0.3) is 0 Å². The highest BCUT2D eigenvalue weighted by molar-refractivity contribution is 5.96. The summed E-state index contributed by atoms with van der Waals surface area (Å²) in [5, 5.41) is 15.2. The summed E-state index contributed by atoms with van der Waals surface area (Å²) in [5.41, 5.74) is 2.02. The van der Waals surface area contributed by atoms with Crippen LogP contribution in [0.4, 0.5) is 5.69 Å². The van der Waals surface area contributed by atoms with Crippen molar-refractivity contribution in [1.82, 2.24) is 5.32 Å². The summed E-state index contributed by atoms with van der Waals surface area (Å²) in [5.74, 6) is -0.305. The monoisotopic (exact) mass is 332 g/mol. The SMILES string of the molecule is CC(C)(C)CC(CO)NC(=O)CCC1Cc2ccccc2NC1=O. The molecule has 24 heavy (non-hydrogen) atoms. The fourth-order valence-corrected chi connectivity index (χ4v) is 3.15. The number of hydrogen-bond acceptors (Lipinski definition) is 3. The van der Waals surface area contributed by atoms with E-state index in [9.17, 15) is 14.7 Å². The Hall–Kier alpha value is -1.88. The molecule has 0 aromatic heterocycles. The number of anilines is 1. The Morgan fingerprint density at radius 1 is 1.38 bits per heavy atom. The number of carbonyl (C=O) groups is 2. The van der Waals surface area contributed by atoms with Crippen molar-refractivity contribution in [2.45, 2.75) is 52.5 Å². The van der Waals surface area contributed by atoms with Gasteiger partial charge in [-0.05, 0) is 36.3 Å². The van der Waals surface area contributed by atoms with Gasteiger partial charge in [-0.3, -0.25) is 9.59 Å². The van der Waals surface area contributed by atoms with Crippen molar-refractivity contribution in [3.63, 3.8) is 0 Å². The van der Waals surface area contributed by atoms with Gasteiger partial charge in [0.2, 0.25) is 11.8 Å². The number of benzene rings is 1. The topological polar surface area (TPSA) is 78.4 Å². The fraction of sp³-hybridized carbons (Fsp3) is 0.579. The molecule has 0 saturated carbocycles. The van der Waals surface area contributed by atoms with Gasteiger partial charge in [-0.15, -0.1) is 0 Å². The average Bonchev–Trinajstić information content (AvgIpc) is 2.50. The van der Waals surface area contributed by atoms with Crippen LogP contribution in [-0.4, -0.2) is 29.6 Å². The largest absolute Gasteiger partial charge is 0.394 e. The lowest BCUT2D eigenvalue weighted by atomic mass is 9.88. The van der Waals surface area contributed by atoms with Crippen molar-refractivity contribution < 1.29 is 14.7 Å². The van der Waals surface area contributed by atoms with E-state index in [2.05, 4.69) is 31.4 Å². The third-order valence-electron chi connectivity index (χ3n) is 4.28. The van der Waals surface area contributed by atoms with Crippen LogP contribution in [0.5, 0.6) is 0 Å². The first kappa shape index (κ1) is 18.5. The van der Waals surface area contributed by atoms with Crippen LogP contribution in [0.1, 0.15) is 45.6 Å². The summed E-state index contributed by atoms with van der Waals surface area (Å²) < 4.78 is 0. The van der Waals surface area contributed by atoms with Crippen LogP contribution >= 0.6 is 0 Å². The number of nitrogens with one attached hydrogen (secondary N) is 2. The Labute approximate surface area is 143 Å². The van der Waals surface area contributed by atoms with E-state index >= 15 is 0 Å². The summed E-state index contributed by atoms with van der Waals surface area (Å²) in [6.07, 6.45) is 2.19. The zero-order valence-corrected chi connectivity index (χ0v) is 14.8. The van der Waals surface area contributed by atoms with Gasteiger partial charge in [0.1, 0.15) is 0 Å². The van der Waals surface area contributed by atoms with E-state index < -0.39 is 0 Å². The lowest BCUT2D eigenvalue weighted by Crippen LogP contribution is -2.40. The van der Waals surface area contributed by atoms with Gasteiger partial charge in [0.05, 0.1) is 12.6 Å². The predicted octanol–water partition coefficient (Wildman–Crippen LogP) is 2.49.